The fourth-order valence-corrected chi connectivity index (χ4v) is 3.17. The van der Waals surface area contributed by atoms with Gasteiger partial charge >= 0.3 is 15.6 Å². The van der Waals surface area contributed by atoms with Gasteiger partial charge in [-0.15, -0.1) is 0 Å². The zero-order chi connectivity index (χ0) is 21.3. The van der Waals surface area contributed by atoms with Gasteiger partial charge in [-0.3, -0.25) is 0 Å². The Balaban J connectivity index is 2.17. The Hall–Kier alpha value is -2.26. The van der Waals surface area contributed by atoms with Crippen LogP contribution >= 0.6 is 0 Å². The molecule has 154 valence electrons. The number of rotatable bonds is 6. The second kappa shape index (κ2) is 7.63. The van der Waals surface area contributed by atoms with Crippen LogP contribution in [0.2, 0.25) is 0 Å². The average molecular weight is 418 g/mol. The number of aliphatic hydroxyl groups is 1. The number of phenols is 1. The van der Waals surface area contributed by atoms with Gasteiger partial charge in [0.1, 0.15) is 11.5 Å². The summed E-state index contributed by atoms with van der Waals surface area (Å²) in [6.07, 6.45) is 0.797. The van der Waals surface area contributed by atoms with Crippen LogP contribution in [0.4, 0.5) is 13.2 Å². The monoisotopic (exact) mass is 418 g/mol. The summed E-state index contributed by atoms with van der Waals surface area (Å²) < 4.78 is 63.9. The van der Waals surface area contributed by atoms with Crippen molar-refractivity contribution in [2.75, 3.05) is 0 Å². The molecule has 2 rings (SSSR count). The van der Waals surface area contributed by atoms with Gasteiger partial charge in [0.05, 0.1) is 5.60 Å². The maximum atomic E-state index is 12.5. The van der Waals surface area contributed by atoms with Crippen molar-refractivity contribution < 1.29 is 36.0 Å². The zero-order valence-electron chi connectivity index (χ0n) is 15.5. The summed E-state index contributed by atoms with van der Waals surface area (Å²) in [4.78, 5) is 0. The predicted octanol–water partition coefficient (Wildman–Crippen LogP) is 4.08. The van der Waals surface area contributed by atoms with Crippen molar-refractivity contribution in [2.45, 2.75) is 44.7 Å². The Morgan fingerprint density at radius 1 is 1.04 bits per heavy atom. The number of aryl methyl sites for hydroxylation is 3. The molecule has 0 aliphatic rings. The third-order valence-corrected chi connectivity index (χ3v) is 5.41. The highest BCUT2D eigenvalue weighted by Crippen LogP contribution is 2.33. The van der Waals surface area contributed by atoms with Crippen molar-refractivity contribution in [2.24, 2.45) is 0 Å². The lowest BCUT2D eigenvalue weighted by atomic mass is 9.88. The number of aromatic hydroxyl groups is 1. The molecule has 0 amide bonds. The number of phenolic OH excluding ortho intramolecular Hbond substituents is 1. The minimum atomic E-state index is -5.76. The molecular formula is C19H21F3O5S. The molecular weight excluding hydrogens is 397 g/mol. The van der Waals surface area contributed by atoms with Crippen molar-refractivity contribution >= 4 is 10.1 Å². The predicted molar refractivity (Wildman–Crippen MR) is 97.5 cm³/mol. The largest absolute Gasteiger partial charge is 0.534 e. The topological polar surface area (TPSA) is 83.8 Å². The summed E-state index contributed by atoms with van der Waals surface area (Å²) in [6, 6.07) is 8.92. The molecule has 0 saturated heterocycles. The highest BCUT2D eigenvalue weighted by atomic mass is 32.2. The molecule has 5 nitrogen and oxygen atoms in total. The van der Waals surface area contributed by atoms with Gasteiger partial charge in [0.15, 0.2) is 0 Å². The maximum absolute atomic E-state index is 12.5. The van der Waals surface area contributed by atoms with E-state index < -0.39 is 27.0 Å². The van der Waals surface area contributed by atoms with Crippen LogP contribution in [0.25, 0.3) is 0 Å². The van der Waals surface area contributed by atoms with E-state index in [0.29, 0.717) is 24.0 Å². The molecule has 0 saturated carbocycles. The molecule has 0 fully saturated rings. The van der Waals surface area contributed by atoms with E-state index in [1.54, 1.807) is 32.0 Å². The minimum Gasteiger partial charge on any atom is -0.508 e. The van der Waals surface area contributed by atoms with E-state index in [1.165, 1.54) is 19.1 Å². The van der Waals surface area contributed by atoms with Crippen LogP contribution in [0.15, 0.2) is 36.4 Å². The SMILES string of the molecule is Cc1cc(CCC(C)(O)c2ccc(OS(=O)(=O)C(F)(F)F)c(C)c2)ccc1O. The van der Waals surface area contributed by atoms with E-state index in [0.717, 1.165) is 11.6 Å². The molecule has 9 heteroatoms. The third kappa shape index (κ3) is 4.96. The Labute approximate surface area is 161 Å². The van der Waals surface area contributed by atoms with E-state index in [2.05, 4.69) is 4.18 Å². The molecule has 0 spiro atoms. The highest BCUT2D eigenvalue weighted by Gasteiger charge is 2.48. The van der Waals surface area contributed by atoms with E-state index in [9.17, 15) is 31.8 Å². The normalized spacial score (nSPS) is 14.5. The van der Waals surface area contributed by atoms with Crippen LogP contribution in [-0.2, 0) is 22.1 Å². The zero-order valence-corrected chi connectivity index (χ0v) is 16.4. The van der Waals surface area contributed by atoms with Crippen LogP contribution in [-0.4, -0.2) is 24.1 Å². The lowest BCUT2D eigenvalue weighted by Crippen LogP contribution is -2.28. The van der Waals surface area contributed by atoms with Crippen LogP contribution in [0.3, 0.4) is 0 Å². The molecule has 28 heavy (non-hydrogen) atoms. The molecule has 0 aromatic heterocycles. The third-order valence-electron chi connectivity index (χ3n) is 4.44. The number of hydrogen-bond donors (Lipinski definition) is 2. The summed E-state index contributed by atoms with van der Waals surface area (Å²) in [7, 11) is -5.76. The molecule has 0 aliphatic heterocycles. The van der Waals surface area contributed by atoms with Crippen LogP contribution in [0, 0.1) is 13.8 Å². The number of hydrogen-bond acceptors (Lipinski definition) is 5. The van der Waals surface area contributed by atoms with Crippen molar-refractivity contribution in [1.29, 1.82) is 0 Å². The standard InChI is InChI=1S/C19H21F3O5S/c1-12-10-14(4-6-16(12)23)8-9-18(3,24)15-5-7-17(13(2)11-15)27-28(25,26)19(20,21)22/h4-7,10-11,23-24H,8-9H2,1-3H3. The van der Waals surface area contributed by atoms with Gasteiger partial charge in [0.25, 0.3) is 0 Å². The van der Waals surface area contributed by atoms with Crippen molar-refractivity contribution in [3.63, 3.8) is 0 Å². The Morgan fingerprint density at radius 2 is 1.68 bits per heavy atom. The molecule has 1 atom stereocenters. The fourth-order valence-electron chi connectivity index (χ4n) is 2.65. The van der Waals surface area contributed by atoms with E-state index in [1.807, 2.05) is 0 Å². The van der Waals surface area contributed by atoms with Gasteiger partial charge in [-0.1, -0.05) is 18.2 Å². The quantitative estimate of drug-likeness (QED) is 0.546. The van der Waals surface area contributed by atoms with Gasteiger partial charge < -0.3 is 14.4 Å². The summed E-state index contributed by atoms with van der Waals surface area (Å²) in [5.41, 5.74) is -4.66. The Bertz CT molecular complexity index is 966. The first kappa shape index (κ1) is 22.0. The van der Waals surface area contributed by atoms with Gasteiger partial charge in [-0.05, 0) is 74.1 Å². The summed E-state index contributed by atoms with van der Waals surface area (Å²) in [6.45, 7) is 4.71. The first-order chi connectivity index (χ1) is 12.7. The molecule has 1 unspecified atom stereocenters. The number of benzene rings is 2. The van der Waals surface area contributed by atoms with Gasteiger partial charge in [0.2, 0.25) is 0 Å². The van der Waals surface area contributed by atoms with Crippen molar-refractivity contribution in [3.8, 4) is 11.5 Å². The lowest BCUT2D eigenvalue weighted by Gasteiger charge is -2.25. The van der Waals surface area contributed by atoms with E-state index in [-0.39, 0.29) is 11.3 Å². The van der Waals surface area contributed by atoms with Crippen LogP contribution in [0.1, 0.15) is 35.6 Å². The first-order valence-corrected chi connectivity index (χ1v) is 9.76. The average Bonchev–Trinajstić information content (AvgIpc) is 2.56. The lowest BCUT2D eigenvalue weighted by molar-refractivity contribution is -0.0500. The molecule has 0 radical (unpaired) electrons. The van der Waals surface area contributed by atoms with Crippen molar-refractivity contribution in [1.82, 2.24) is 0 Å². The van der Waals surface area contributed by atoms with Crippen LogP contribution in [0.5, 0.6) is 11.5 Å². The van der Waals surface area contributed by atoms with Gasteiger partial charge in [0, 0.05) is 0 Å². The number of halogens is 3. The fraction of sp³-hybridized carbons (Fsp3) is 0.368. The van der Waals surface area contributed by atoms with Crippen LogP contribution < -0.4 is 4.18 Å². The van der Waals surface area contributed by atoms with E-state index in [4.69, 9.17) is 0 Å². The molecule has 0 aliphatic carbocycles. The molecule has 2 aromatic rings. The molecule has 0 bridgehead atoms. The Kier molecular flexibility index (Phi) is 6.01. The minimum absolute atomic E-state index is 0.145. The first-order valence-electron chi connectivity index (χ1n) is 8.36. The molecule has 0 heterocycles. The molecule has 2 aromatic carbocycles. The van der Waals surface area contributed by atoms with Gasteiger partial charge in [-0.25, -0.2) is 0 Å². The summed E-state index contributed by atoms with van der Waals surface area (Å²) >= 11 is 0. The number of alkyl halides is 3. The highest BCUT2D eigenvalue weighted by molar-refractivity contribution is 7.88. The van der Waals surface area contributed by atoms with Gasteiger partial charge in [-0.2, -0.15) is 21.6 Å². The maximum Gasteiger partial charge on any atom is 0.534 e. The Morgan fingerprint density at radius 3 is 2.21 bits per heavy atom. The van der Waals surface area contributed by atoms with Crippen molar-refractivity contribution in [3.05, 3.63) is 58.7 Å². The second-order valence-electron chi connectivity index (χ2n) is 6.86. The van der Waals surface area contributed by atoms with E-state index >= 15 is 0 Å². The molecule has 2 N–H and O–H groups in total. The summed E-state index contributed by atoms with van der Waals surface area (Å²) in [5, 5.41) is 20.3. The smallest absolute Gasteiger partial charge is 0.508 e. The summed E-state index contributed by atoms with van der Waals surface area (Å²) in [5.74, 6) is -0.276. The second-order valence-corrected chi connectivity index (χ2v) is 8.40.